The Morgan fingerprint density at radius 1 is 1.13 bits per heavy atom. The molecule has 2 aliphatic heterocycles. The molecule has 4 rings (SSSR count). The first kappa shape index (κ1) is 14.5. The molecule has 2 fully saturated rings. The number of hydrogen-bond acceptors (Lipinski definition) is 3. The number of nitrogens with zero attached hydrogens (tertiary/aromatic N) is 2. The van der Waals surface area contributed by atoms with Crippen LogP contribution in [0.25, 0.3) is 0 Å². The monoisotopic (exact) mass is 310 g/mol. The Kier molecular flexibility index (Phi) is 3.49. The Hall–Kier alpha value is -2.07. The van der Waals surface area contributed by atoms with Crippen molar-refractivity contribution in [2.24, 2.45) is 5.41 Å². The third kappa shape index (κ3) is 2.29. The van der Waals surface area contributed by atoms with Gasteiger partial charge in [0.1, 0.15) is 5.76 Å². The van der Waals surface area contributed by atoms with Gasteiger partial charge in [-0.1, -0.05) is 30.3 Å². The lowest BCUT2D eigenvalue weighted by Gasteiger charge is -2.58. The first-order valence-corrected chi connectivity index (χ1v) is 8.28. The molecule has 0 aliphatic carbocycles. The van der Waals surface area contributed by atoms with Crippen LogP contribution in [0.5, 0.6) is 0 Å². The minimum Gasteiger partial charge on any atom is -0.468 e. The summed E-state index contributed by atoms with van der Waals surface area (Å²) in [6.45, 7) is 2.73. The fraction of sp³-hybridized carbons (Fsp3) is 0.421. The Morgan fingerprint density at radius 3 is 2.52 bits per heavy atom. The van der Waals surface area contributed by atoms with E-state index in [4.69, 9.17) is 4.42 Å². The van der Waals surface area contributed by atoms with Crippen LogP contribution < -0.4 is 0 Å². The van der Waals surface area contributed by atoms with Gasteiger partial charge in [-0.15, -0.1) is 0 Å². The van der Waals surface area contributed by atoms with Crippen molar-refractivity contribution in [1.82, 2.24) is 9.80 Å². The lowest BCUT2D eigenvalue weighted by Crippen LogP contribution is -2.64. The van der Waals surface area contributed by atoms with E-state index in [0.29, 0.717) is 5.91 Å². The summed E-state index contributed by atoms with van der Waals surface area (Å²) in [5.74, 6) is 1.31. The lowest BCUT2D eigenvalue weighted by molar-refractivity contribution is -0.177. The molecule has 4 heteroatoms. The summed E-state index contributed by atoms with van der Waals surface area (Å²) in [5, 5.41) is 0. The summed E-state index contributed by atoms with van der Waals surface area (Å²) >= 11 is 0. The molecule has 0 radical (unpaired) electrons. The van der Waals surface area contributed by atoms with Gasteiger partial charge in [0, 0.05) is 7.05 Å². The Bertz CT molecular complexity index is 673. The van der Waals surface area contributed by atoms with Gasteiger partial charge in [0.2, 0.25) is 5.91 Å². The van der Waals surface area contributed by atoms with Crippen molar-refractivity contribution >= 4 is 5.91 Å². The zero-order chi connectivity index (χ0) is 15.9. The van der Waals surface area contributed by atoms with Gasteiger partial charge in [-0.25, -0.2) is 0 Å². The predicted octanol–water partition coefficient (Wildman–Crippen LogP) is 3.08. The van der Waals surface area contributed by atoms with Gasteiger partial charge in [-0.3, -0.25) is 9.69 Å². The summed E-state index contributed by atoms with van der Waals surface area (Å²) in [6, 6.07) is 14.6. The van der Waals surface area contributed by atoms with E-state index < -0.39 is 0 Å². The van der Waals surface area contributed by atoms with E-state index in [9.17, 15) is 4.79 Å². The van der Waals surface area contributed by atoms with E-state index in [1.165, 1.54) is 5.56 Å². The second-order valence-corrected chi connectivity index (χ2v) is 6.74. The second-order valence-electron chi connectivity index (χ2n) is 6.74. The largest absolute Gasteiger partial charge is 0.468 e. The number of benzene rings is 1. The van der Waals surface area contributed by atoms with Gasteiger partial charge in [0.15, 0.2) is 0 Å². The Balaban J connectivity index is 1.49. The van der Waals surface area contributed by atoms with Crippen LogP contribution in [-0.4, -0.2) is 35.8 Å². The van der Waals surface area contributed by atoms with Crippen LogP contribution in [0.1, 0.15) is 30.2 Å². The standard InChI is InChI=1S/C19H22N2O2/c1-20-17(15-6-3-2-4-7-15)19(18(20)22)9-11-21(12-10-19)14-16-8-5-13-23-16/h2-8,13,17H,9-12,14H2,1H3/t17-/m1/s1. The van der Waals surface area contributed by atoms with Gasteiger partial charge in [0.05, 0.1) is 24.3 Å². The summed E-state index contributed by atoms with van der Waals surface area (Å²) in [5.41, 5.74) is 1.06. The molecule has 1 spiro atoms. The van der Waals surface area contributed by atoms with Crippen molar-refractivity contribution in [1.29, 1.82) is 0 Å². The number of amides is 1. The first-order valence-electron chi connectivity index (χ1n) is 8.28. The van der Waals surface area contributed by atoms with Crippen LogP contribution in [0.2, 0.25) is 0 Å². The molecule has 2 saturated heterocycles. The average Bonchev–Trinajstić information content (AvgIpc) is 3.10. The van der Waals surface area contributed by atoms with E-state index in [1.807, 2.05) is 30.1 Å². The smallest absolute Gasteiger partial charge is 0.231 e. The van der Waals surface area contributed by atoms with Crippen LogP contribution in [0.15, 0.2) is 53.1 Å². The van der Waals surface area contributed by atoms with E-state index in [2.05, 4.69) is 29.2 Å². The number of rotatable bonds is 3. The maximum atomic E-state index is 12.6. The quantitative estimate of drug-likeness (QED) is 0.818. The molecule has 1 aromatic heterocycles. The number of furan rings is 1. The third-order valence-corrected chi connectivity index (χ3v) is 5.48. The SMILES string of the molecule is CN1C(=O)C2(CCN(Cc3ccco3)CC2)[C@H]1c1ccccc1. The highest BCUT2D eigenvalue weighted by molar-refractivity contribution is 5.90. The normalized spacial score (nSPS) is 24.0. The summed E-state index contributed by atoms with van der Waals surface area (Å²) in [7, 11) is 1.93. The molecule has 1 atom stereocenters. The van der Waals surface area contributed by atoms with Crippen LogP contribution in [-0.2, 0) is 11.3 Å². The highest BCUT2D eigenvalue weighted by atomic mass is 16.3. The molecule has 4 nitrogen and oxygen atoms in total. The van der Waals surface area contributed by atoms with Crippen LogP contribution in [0, 0.1) is 5.41 Å². The number of hydrogen-bond donors (Lipinski definition) is 0. The number of likely N-dealkylation sites (tertiary alicyclic amines) is 2. The molecule has 0 N–H and O–H groups in total. The maximum absolute atomic E-state index is 12.6. The second kappa shape index (κ2) is 5.53. The molecule has 2 aliphatic rings. The van der Waals surface area contributed by atoms with E-state index >= 15 is 0 Å². The van der Waals surface area contributed by atoms with Crippen molar-refractivity contribution in [3.63, 3.8) is 0 Å². The molecule has 2 aromatic rings. The lowest BCUT2D eigenvalue weighted by atomic mass is 9.62. The Morgan fingerprint density at radius 2 is 1.87 bits per heavy atom. The first-order chi connectivity index (χ1) is 11.2. The Labute approximate surface area is 136 Å². The van der Waals surface area contributed by atoms with Crippen molar-refractivity contribution in [2.75, 3.05) is 20.1 Å². The van der Waals surface area contributed by atoms with Crippen LogP contribution in [0.4, 0.5) is 0 Å². The molecule has 1 amide bonds. The van der Waals surface area contributed by atoms with Gasteiger partial charge in [-0.2, -0.15) is 0 Å². The zero-order valence-electron chi connectivity index (χ0n) is 13.4. The zero-order valence-corrected chi connectivity index (χ0v) is 13.4. The van der Waals surface area contributed by atoms with E-state index in [0.717, 1.165) is 38.2 Å². The molecule has 0 unspecified atom stereocenters. The molecule has 23 heavy (non-hydrogen) atoms. The number of piperidine rings is 1. The third-order valence-electron chi connectivity index (χ3n) is 5.48. The maximum Gasteiger partial charge on any atom is 0.231 e. The molecular formula is C19H22N2O2. The molecule has 120 valence electrons. The minimum atomic E-state index is -0.199. The van der Waals surface area contributed by atoms with Crippen LogP contribution >= 0.6 is 0 Å². The molecule has 0 bridgehead atoms. The van der Waals surface area contributed by atoms with Crippen molar-refractivity contribution < 1.29 is 9.21 Å². The summed E-state index contributed by atoms with van der Waals surface area (Å²) < 4.78 is 5.44. The van der Waals surface area contributed by atoms with E-state index in [1.54, 1.807) is 6.26 Å². The fourth-order valence-corrected chi connectivity index (χ4v) is 4.29. The summed E-state index contributed by atoms with van der Waals surface area (Å²) in [4.78, 5) is 16.9. The average molecular weight is 310 g/mol. The minimum absolute atomic E-state index is 0.199. The summed E-state index contributed by atoms with van der Waals surface area (Å²) in [6.07, 6.45) is 3.57. The van der Waals surface area contributed by atoms with Crippen LogP contribution in [0.3, 0.4) is 0 Å². The molecule has 3 heterocycles. The van der Waals surface area contributed by atoms with Crippen molar-refractivity contribution in [2.45, 2.75) is 25.4 Å². The number of β-lactam (4-membered cyclic amide) rings is 1. The predicted molar refractivity (Wildman–Crippen MR) is 87.6 cm³/mol. The van der Waals surface area contributed by atoms with Crippen molar-refractivity contribution in [3.8, 4) is 0 Å². The van der Waals surface area contributed by atoms with Gasteiger partial charge >= 0.3 is 0 Å². The molecule has 0 saturated carbocycles. The van der Waals surface area contributed by atoms with E-state index in [-0.39, 0.29) is 11.5 Å². The number of carbonyl (C=O) groups excluding carboxylic acids is 1. The highest BCUT2D eigenvalue weighted by Gasteiger charge is 2.59. The van der Waals surface area contributed by atoms with Gasteiger partial charge < -0.3 is 9.32 Å². The number of carbonyl (C=O) groups is 1. The van der Waals surface area contributed by atoms with Gasteiger partial charge in [0.25, 0.3) is 0 Å². The van der Waals surface area contributed by atoms with Crippen molar-refractivity contribution in [3.05, 3.63) is 60.1 Å². The molecule has 1 aromatic carbocycles. The molecular weight excluding hydrogens is 288 g/mol. The fourth-order valence-electron chi connectivity index (χ4n) is 4.29. The van der Waals surface area contributed by atoms with Gasteiger partial charge in [-0.05, 0) is 43.6 Å². The topological polar surface area (TPSA) is 36.7 Å². The highest BCUT2D eigenvalue weighted by Crippen LogP contribution is 2.55.